The number of hydrogen-bond donors (Lipinski definition) is 0. The molecule has 4 heteroatoms. The van der Waals surface area contributed by atoms with E-state index in [4.69, 9.17) is 0 Å². The molecule has 0 nitrogen and oxygen atoms in total. The molecule has 0 aromatic carbocycles. The maximum absolute atomic E-state index is 2.42. The predicted molar refractivity (Wildman–Crippen MR) is 58.0 cm³/mol. The Morgan fingerprint density at radius 1 is 0.923 bits per heavy atom. The van der Waals surface area contributed by atoms with E-state index in [0.29, 0.717) is 0 Å². The fraction of sp³-hybridized carbons (Fsp3) is 1.00. The molecule has 0 fully saturated rings. The van der Waals surface area contributed by atoms with Crippen LogP contribution in [0.15, 0.2) is 0 Å². The smallest absolute Gasteiger partial charge is 1.00 e. The number of halogens is 2. The predicted octanol–water partition coefficient (Wildman–Crippen LogP) is -2.47. The van der Waals surface area contributed by atoms with Crippen molar-refractivity contribution in [3.63, 3.8) is 0 Å². The zero-order valence-corrected chi connectivity index (χ0v) is 13.6. The molecule has 0 aliphatic heterocycles. The van der Waals surface area contributed by atoms with Gasteiger partial charge in [0.05, 0.1) is 0 Å². The first-order valence-electron chi connectivity index (χ1n) is 4.67. The van der Waals surface area contributed by atoms with E-state index in [1.54, 1.807) is 0 Å². The minimum absolute atomic E-state index is 0. The van der Waals surface area contributed by atoms with Crippen LogP contribution in [0.3, 0.4) is 0 Å². The number of rotatable bonds is 3. The van der Waals surface area contributed by atoms with E-state index < -0.39 is 0 Å². The van der Waals surface area contributed by atoms with E-state index in [1.165, 1.54) is 5.28 Å². The average molecular weight is 255 g/mol. The van der Waals surface area contributed by atoms with Gasteiger partial charge in [0.25, 0.3) is 14.1 Å². The molecule has 0 saturated carbocycles. The summed E-state index contributed by atoms with van der Waals surface area (Å²) in [7, 11) is 0. The molecular weight excluding hydrogens is 233 g/mol. The molecule has 0 bridgehead atoms. The summed E-state index contributed by atoms with van der Waals surface area (Å²) in [5.74, 6) is 1.92. The molecule has 0 aliphatic carbocycles. The van der Waals surface area contributed by atoms with E-state index in [2.05, 4.69) is 50.9 Å². The molecule has 0 aromatic heterocycles. The second kappa shape index (κ2) is 16.1. The van der Waals surface area contributed by atoms with Crippen LogP contribution in [-0.2, 0) is 0 Å². The monoisotopic (exact) mass is 254 g/mol. The Kier molecular flexibility index (Phi) is 29.8. The Bertz CT molecular complexity index is 70.0. The fourth-order valence-corrected chi connectivity index (χ4v) is 5.14. The maximum atomic E-state index is 2.42. The van der Waals surface area contributed by atoms with Crippen LogP contribution >= 0.6 is 0 Å². The molecule has 0 aromatic rings. The molecule has 0 atom stereocenters. The van der Waals surface area contributed by atoms with Crippen LogP contribution in [0.1, 0.15) is 34.6 Å². The maximum Gasteiger partial charge on any atom is -1.00 e. The van der Waals surface area contributed by atoms with Crippen molar-refractivity contribution in [2.24, 2.45) is 0 Å². The molecule has 0 amide bonds. The largest absolute Gasteiger partial charge is 1.00 e. The summed E-state index contributed by atoms with van der Waals surface area (Å²) in [4.78, 5) is 0. The summed E-state index contributed by atoms with van der Waals surface area (Å²) in [5, 5.41) is 1.47. The second-order valence-corrected chi connectivity index (χ2v) is 8.37. The molecule has 0 radical (unpaired) electrons. The molecule has 0 saturated heterocycles. The SMILES string of the molecule is C[CH2][Al]([CH](C)C)[CH](C)C.[CH3][Al+2].[Cl-].[Cl-]. The summed E-state index contributed by atoms with van der Waals surface area (Å²) in [6.45, 7) is 11.8. The van der Waals surface area contributed by atoms with Gasteiger partial charge in [-0.15, -0.1) is 0 Å². The van der Waals surface area contributed by atoms with Crippen LogP contribution in [0, 0.1) is 0 Å². The van der Waals surface area contributed by atoms with Crippen LogP contribution in [0.4, 0.5) is 0 Å². The van der Waals surface area contributed by atoms with Gasteiger partial charge in [-0.2, -0.15) is 0 Å². The van der Waals surface area contributed by atoms with E-state index in [9.17, 15) is 0 Å². The molecule has 13 heavy (non-hydrogen) atoms. The molecule has 0 N–H and O–H groups in total. The molecule has 0 unspecified atom stereocenters. The van der Waals surface area contributed by atoms with E-state index in [-0.39, 0.29) is 39.0 Å². The van der Waals surface area contributed by atoms with Gasteiger partial charge in [-0.25, -0.2) is 0 Å². The number of hydrogen-bond acceptors (Lipinski definition) is 0. The van der Waals surface area contributed by atoms with Crippen molar-refractivity contribution in [2.45, 2.75) is 55.2 Å². The summed E-state index contributed by atoms with van der Waals surface area (Å²) in [6.07, 6.45) is 0. The first-order valence-corrected chi connectivity index (χ1v) is 7.97. The minimum atomic E-state index is -0.360. The van der Waals surface area contributed by atoms with Crippen molar-refractivity contribution >= 4 is 30.4 Å². The van der Waals surface area contributed by atoms with Crippen molar-refractivity contribution in [1.82, 2.24) is 0 Å². The van der Waals surface area contributed by atoms with Crippen molar-refractivity contribution in [2.75, 3.05) is 0 Å². The molecule has 0 aliphatic rings. The van der Waals surface area contributed by atoms with Crippen LogP contribution in [0.5, 0.6) is 0 Å². The van der Waals surface area contributed by atoms with Gasteiger partial charge in [-0.1, -0.05) is 49.5 Å². The van der Waals surface area contributed by atoms with Crippen LogP contribution in [-0.4, -0.2) is 30.4 Å². The van der Waals surface area contributed by atoms with Gasteiger partial charge in [0, 0.05) is 0 Å². The Balaban J connectivity index is -0.0000000941. The summed E-state index contributed by atoms with van der Waals surface area (Å²) in [5.41, 5.74) is 0. The van der Waals surface area contributed by atoms with Gasteiger partial charge in [0.1, 0.15) is 0 Å². The van der Waals surface area contributed by atoms with Crippen molar-refractivity contribution in [1.29, 1.82) is 0 Å². The Hall–Kier alpha value is 1.64. The zero-order valence-electron chi connectivity index (χ0n) is 9.77. The third kappa shape index (κ3) is 13.6. The standard InChI is InChI=1S/2C3H7.C2H5.CH3.2Al.2ClH/c2*1-3-2;1-2;;;;;/h2*3H,1-2H3;1H2,2H3;1H3;;;2*1H/q;;;;;+2;;/p-2. The third-order valence-electron chi connectivity index (χ3n) is 2.18. The van der Waals surface area contributed by atoms with Crippen molar-refractivity contribution in [3.05, 3.63) is 0 Å². The zero-order chi connectivity index (χ0) is 9.44. The van der Waals surface area contributed by atoms with Gasteiger partial charge in [0.2, 0.25) is 0 Å². The topological polar surface area (TPSA) is 0 Å². The van der Waals surface area contributed by atoms with Crippen molar-refractivity contribution in [3.8, 4) is 0 Å². The van der Waals surface area contributed by atoms with Crippen LogP contribution in [0.25, 0.3) is 0 Å². The van der Waals surface area contributed by atoms with Gasteiger partial charge >= 0.3 is 22.1 Å². The molecule has 0 spiro atoms. The summed E-state index contributed by atoms with van der Waals surface area (Å²) < 4.78 is 1.99. The van der Waals surface area contributed by atoms with Gasteiger partial charge in [-0.3, -0.25) is 0 Å². The van der Waals surface area contributed by atoms with E-state index in [0.717, 1.165) is 9.56 Å². The summed E-state index contributed by atoms with van der Waals surface area (Å²) in [6, 6.07) is 0. The second-order valence-electron chi connectivity index (χ2n) is 3.56. The normalized spacial score (nSPS) is 8.15. The average Bonchev–Trinajstić information content (AvgIpc) is 1.91. The van der Waals surface area contributed by atoms with E-state index >= 15 is 0 Å². The minimum Gasteiger partial charge on any atom is -1.00 e. The summed E-state index contributed by atoms with van der Waals surface area (Å²) >= 11 is 2.06. The van der Waals surface area contributed by atoms with Gasteiger partial charge in [0.15, 0.2) is 0 Å². The molecular formula is C9H22Al2Cl2. The Labute approximate surface area is 110 Å². The Morgan fingerprint density at radius 3 is 1.15 bits per heavy atom. The van der Waals surface area contributed by atoms with Crippen LogP contribution < -0.4 is 24.8 Å². The first-order chi connectivity index (χ1) is 5.09. The quantitative estimate of drug-likeness (QED) is 0.490. The van der Waals surface area contributed by atoms with Crippen molar-refractivity contribution < 1.29 is 24.8 Å². The third-order valence-corrected chi connectivity index (χ3v) is 6.55. The Morgan fingerprint density at radius 2 is 1.15 bits per heavy atom. The fourth-order valence-electron chi connectivity index (χ4n) is 1.71. The van der Waals surface area contributed by atoms with Crippen LogP contribution in [0.2, 0.25) is 20.6 Å². The molecule has 0 rings (SSSR count). The molecule has 0 heterocycles. The first kappa shape index (κ1) is 24.1. The molecule has 78 valence electrons. The van der Waals surface area contributed by atoms with Gasteiger partial charge in [-0.05, 0) is 0 Å². The van der Waals surface area contributed by atoms with E-state index in [1.807, 2.05) is 5.79 Å². The van der Waals surface area contributed by atoms with Gasteiger partial charge < -0.3 is 24.8 Å².